The fraction of sp³-hybridized carbons (Fsp3) is 0.111. The van der Waals surface area contributed by atoms with Crippen LogP contribution in [-0.4, -0.2) is 9.13 Å². The maximum absolute atomic E-state index is 6.58. The number of benzene rings is 13. The van der Waals surface area contributed by atoms with E-state index in [2.05, 4.69) is 265 Å². The molecule has 0 radical (unpaired) electrons. The highest BCUT2D eigenvalue weighted by atomic mass is 16.5. The summed E-state index contributed by atoms with van der Waals surface area (Å²) in [4.78, 5) is 0. The number of imidazole rings is 2. The third-order valence-corrected chi connectivity index (χ3v) is 17.3. The number of nitrogens with zero attached hydrogens (tertiary/aromatic N) is 4. The highest BCUT2D eigenvalue weighted by molar-refractivity contribution is 6.24. The quantitative estimate of drug-likeness (QED) is 0.0903. The van der Waals surface area contributed by atoms with Crippen LogP contribution in [0, 0.1) is 27.7 Å². The number of rotatable bonds is 12. The lowest BCUT2D eigenvalue weighted by Gasteiger charge is -2.21. The van der Waals surface area contributed by atoms with Crippen LogP contribution in [0.3, 0.4) is 0 Å². The van der Waals surface area contributed by atoms with Gasteiger partial charge in [0.15, 0.2) is 22.1 Å². The van der Waals surface area contributed by atoms with Crippen molar-refractivity contribution in [1.82, 2.24) is 9.13 Å². The van der Waals surface area contributed by atoms with Crippen molar-refractivity contribution < 1.29 is 18.6 Å². The van der Waals surface area contributed by atoms with Gasteiger partial charge in [0.1, 0.15) is 49.2 Å². The average Bonchev–Trinajstić information content (AvgIpc) is 4.19. The third kappa shape index (κ3) is 7.38. The van der Waals surface area contributed by atoms with Crippen molar-refractivity contribution in [3.63, 3.8) is 0 Å². The van der Waals surface area contributed by atoms with Crippen LogP contribution in [0.4, 0.5) is 0 Å². The maximum Gasteiger partial charge on any atom is 0.250 e. The minimum atomic E-state index is 0.486. The maximum atomic E-state index is 6.58. The van der Waals surface area contributed by atoms with Crippen LogP contribution in [0.15, 0.2) is 219 Å². The van der Waals surface area contributed by atoms with E-state index in [1.165, 1.54) is 120 Å². The summed E-state index contributed by atoms with van der Waals surface area (Å²) in [6.45, 7) is 11.4. The van der Waals surface area contributed by atoms with Crippen LogP contribution in [0.2, 0.25) is 0 Å². The Balaban J connectivity index is 0.637. The Labute approximate surface area is 452 Å². The largest absolute Gasteiger partial charge is 0.489 e. The Morgan fingerprint density at radius 1 is 0.333 bits per heavy atom. The molecule has 13 aromatic carbocycles. The van der Waals surface area contributed by atoms with E-state index >= 15 is 0 Å². The number of fused-ring (bicyclic) bond motifs is 2. The van der Waals surface area contributed by atoms with Gasteiger partial charge in [0.25, 0.3) is 0 Å². The molecule has 15 aromatic rings. The van der Waals surface area contributed by atoms with Crippen LogP contribution in [0.1, 0.15) is 44.5 Å². The molecule has 15 rings (SSSR count). The molecule has 2 heterocycles. The second kappa shape index (κ2) is 18.1. The van der Waals surface area contributed by atoms with Crippen molar-refractivity contribution >= 4 is 86.7 Å². The SMILES string of the molecule is Cc1c(C)c(COc2ccc(-n3c[n+](Cc4ccc5ccc6cccc7ccc4c5c67)c4ccccc43)cc2)c(C)c(C)c1COc1ccc(-n2c[n+](Cc3ccc4ccc5cccc6ccc3c4c56)c3ccccc32)cc1. The fourth-order valence-electron chi connectivity index (χ4n) is 12.9. The number of ether oxygens (including phenoxy) is 2. The summed E-state index contributed by atoms with van der Waals surface area (Å²) < 4.78 is 22.5. The van der Waals surface area contributed by atoms with Crippen molar-refractivity contribution in [3.05, 3.63) is 263 Å². The predicted molar refractivity (Wildman–Crippen MR) is 319 cm³/mol. The summed E-state index contributed by atoms with van der Waals surface area (Å²) >= 11 is 0. The molecule has 0 atom stereocenters. The minimum absolute atomic E-state index is 0.486. The zero-order valence-corrected chi connectivity index (χ0v) is 44.2. The molecule has 0 unspecified atom stereocenters. The molecule has 0 saturated carbocycles. The second-order valence-corrected chi connectivity index (χ2v) is 21.4. The minimum Gasteiger partial charge on any atom is -0.489 e. The van der Waals surface area contributed by atoms with E-state index in [1.807, 2.05) is 0 Å². The van der Waals surface area contributed by atoms with Gasteiger partial charge < -0.3 is 9.47 Å². The van der Waals surface area contributed by atoms with E-state index in [0.29, 0.717) is 13.2 Å². The number of aromatic nitrogens is 4. The van der Waals surface area contributed by atoms with Crippen molar-refractivity contribution in [2.75, 3.05) is 0 Å². The Bertz CT molecular complexity index is 4470. The Morgan fingerprint density at radius 3 is 1.08 bits per heavy atom. The van der Waals surface area contributed by atoms with Crippen LogP contribution < -0.4 is 18.6 Å². The number of hydrogen-bond donors (Lipinski definition) is 0. The molecule has 0 saturated heterocycles. The Hall–Kier alpha value is -9.52. The summed E-state index contributed by atoms with van der Waals surface area (Å²) in [7, 11) is 0. The van der Waals surface area contributed by atoms with Gasteiger partial charge in [-0.15, -0.1) is 0 Å². The van der Waals surface area contributed by atoms with E-state index in [0.717, 1.165) is 47.0 Å². The van der Waals surface area contributed by atoms with Gasteiger partial charge in [-0.3, -0.25) is 0 Å². The van der Waals surface area contributed by atoms with Gasteiger partial charge in [-0.1, -0.05) is 133 Å². The normalized spacial score (nSPS) is 12.1. The van der Waals surface area contributed by atoms with Crippen molar-refractivity contribution in [3.8, 4) is 22.9 Å². The van der Waals surface area contributed by atoms with Gasteiger partial charge in [0, 0.05) is 11.1 Å². The van der Waals surface area contributed by atoms with Gasteiger partial charge >= 0.3 is 0 Å². The van der Waals surface area contributed by atoms with Gasteiger partial charge in [-0.05, 0) is 199 Å². The Morgan fingerprint density at radius 2 is 0.679 bits per heavy atom. The lowest BCUT2D eigenvalue weighted by molar-refractivity contribution is -0.662. The molecule has 0 spiro atoms. The molecular formula is C72H56N4O2+2. The molecule has 6 heteroatoms. The molecule has 6 nitrogen and oxygen atoms in total. The Kier molecular flexibility index (Phi) is 10.6. The summed E-state index contributed by atoms with van der Waals surface area (Å²) in [5, 5.41) is 15.8. The molecular weight excluding hydrogens is 953 g/mol. The summed E-state index contributed by atoms with van der Waals surface area (Å²) in [6.07, 6.45) is 4.49. The monoisotopic (exact) mass is 1010 g/mol. The van der Waals surface area contributed by atoms with Crippen LogP contribution >= 0.6 is 0 Å². The zero-order chi connectivity index (χ0) is 52.2. The second-order valence-electron chi connectivity index (χ2n) is 21.4. The van der Waals surface area contributed by atoms with Gasteiger partial charge in [0.2, 0.25) is 12.7 Å². The van der Waals surface area contributed by atoms with E-state index in [1.54, 1.807) is 0 Å². The molecule has 0 aliphatic rings. The van der Waals surface area contributed by atoms with E-state index in [-0.39, 0.29) is 0 Å². The van der Waals surface area contributed by atoms with Crippen LogP contribution in [-0.2, 0) is 26.3 Å². The third-order valence-electron chi connectivity index (χ3n) is 17.3. The van der Waals surface area contributed by atoms with E-state index in [9.17, 15) is 0 Å². The van der Waals surface area contributed by atoms with Crippen molar-refractivity contribution in [2.24, 2.45) is 0 Å². The van der Waals surface area contributed by atoms with E-state index < -0.39 is 0 Å². The molecule has 2 aromatic heterocycles. The first-order chi connectivity index (χ1) is 38.3. The van der Waals surface area contributed by atoms with Gasteiger partial charge in [-0.25, -0.2) is 9.13 Å². The molecule has 374 valence electrons. The molecule has 0 aliphatic carbocycles. The average molecular weight is 1010 g/mol. The molecule has 78 heavy (non-hydrogen) atoms. The lowest BCUT2D eigenvalue weighted by atomic mass is 9.89. The molecule has 0 aliphatic heterocycles. The molecule has 0 fully saturated rings. The highest BCUT2D eigenvalue weighted by Crippen LogP contribution is 2.38. The summed E-state index contributed by atoms with van der Waals surface area (Å²) in [5.74, 6) is 1.68. The predicted octanol–water partition coefficient (Wildman–Crippen LogP) is 16.4. The first-order valence-corrected chi connectivity index (χ1v) is 27.2. The summed E-state index contributed by atoms with van der Waals surface area (Å²) in [6, 6.07) is 75.0. The first-order valence-electron chi connectivity index (χ1n) is 27.2. The van der Waals surface area contributed by atoms with Crippen LogP contribution in [0.5, 0.6) is 11.5 Å². The summed E-state index contributed by atoms with van der Waals surface area (Å²) in [5.41, 5.74) is 16.9. The van der Waals surface area contributed by atoms with Crippen molar-refractivity contribution in [2.45, 2.75) is 54.0 Å². The standard InChI is InChI=1S/C72H56N4O2/c1-45-46(2)64(42-78-60-35-31-58(32-36-60)76-44-74(66-16-6-8-18-68(66)76)40-56-26-24-54-22-20-50-12-10-14-52-28-38-62(56)72(54)70(50)52)48(4)47(3)63(45)41-77-59-33-29-57(30-34-59)75-43-73(65-15-5-7-17-67(65)75)39-55-25-23-53-21-19-49-11-9-13-51-27-37-61(55)71(53)69(49)51/h5-38,43-44H,39-42H2,1-4H3/q+2. The molecule has 0 amide bonds. The van der Waals surface area contributed by atoms with Gasteiger partial charge in [0.05, 0.1) is 0 Å². The highest BCUT2D eigenvalue weighted by Gasteiger charge is 2.23. The fourth-order valence-corrected chi connectivity index (χ4v) is 12.9. The van der Waals surface area contributed by atoms with Gasteiger partial charge in [-0.2, -0.15) is 9.13 Å². The van der Waals surface area contributed by atoms with E-state index in [4.69, 9.17) is 9.47 Å². The molecule has 0 N–H and O–H groups in total. The zero-order valence-electron chi connectivity index (χ0n) is 44.2. The number of hydrogen-bond acceptors (Lipinski definition) is 2. The van der Waals surface area contributed by atoms with Crippen LogP contribution in [0.25, 0.3) is 98.1 Å². The van der Waals surface area contributed by atoms with Crippen molar-refractivity contribution in [1.29, 1.82) is 0 Å². The lowest BCUT2D eigenvalue weighted by Crippen LogP contribution is -2.32. The smallest absolute Gasteiger partial charge is 0.250 e. The number of para-hydroxylation sites is 4. The molecule has 0 bridgehead atoms. The topological polar surface area (TPSA) is 36.1 Å². The first kappa shape index (κ1) is 45.8.